The quantitative estimate of drug-likeness (QED) is 0.348. The van der Waals surface area contributed by atoms with E-state index < -0.39 is 10.9 Å². The summed E-state index contributed by atoms with van der Waals surface area (Å²) >= 11 is 5.80. The molecule has 0 bridgehead atoms. The van der Waals surface area contributed by atoms with Crippen LogP contribution >= 0.6 is 11.6 Å². The van der Waals surface area contributed by atoms with Crippen LogP contribution in [0.4, 0.5) is 5.69 Å². The Kier molecular flexibility index (Phi) is 5.72. The van der Waals surface area contributed by atoms with E-state index in [0.717, 1.165) is 6.07 Å². The van der Waals surface area contributed by atoms with Gasteiger partial charge in [0.05, 0.1) is 28.2 Å². The molecule has 6 nitrogen and oxygen atoms in total. The lowest BCUT2D eigenvalue weighted by molar-refractivity contribution is -0.384. The topological polar surface area (TPSA) is 78.7 Å². The summed E-state index contributed by atoms with van der Waals surface area (Å²) in [6.07, 6.45) is 0.0418. The molecule has 0 saturated heterocycles. The van der Waals surface area contributed by atoms with Gasteiger partial charge >= 0.3 is 5.97 Å². The van der Waals surface area contributed by atoms with E-state index in [1.54, 1.807) is 0 Å². The molecule has 0 saturated carbocycles. The fourth-order valence-electron chi connectivity index (χ4n) is 1.28. The Bertz CT molecular complexity index is 475. The van der Waals surface area contributed by atoms with Gasteiger partial charge in [-0.1, -0.05) is 11.6 Å². The van der Waals surface area contributed by atoms with Crippen LogP contribution in [0.1, 0.15) is 24.2 Å². The van der Waals surface area contributed by atoms with Crippen molar-refractivity contribution >= 4 is 23.3 Å². The van der Waals surface area contributed by atoms with Crippen LogP contribution in [0.2, 0.25) is 5.02 Å². The van der Waals surface area contributed by atoms with E-state index >= 15 is 0 Å². The summed E-state index contributed by atoms with van der Waals surface area (Å²) in [5.74, 6) is -0.707. The van der Waals surface area contributed by atoms with E-state index in [-0.39, 0.29) is 35.6 Å². The molecule has 0 radical (unpaired) electrons. The summed E-state index contributed by atoms with van der Waals surface area (Å²) in [5, 5.41) is 10.7. The van der Waals surface area contributed by atoms with Gasteiger partial charge in [-0.05, 0) is 19.9 Å². The third-order valence-corrected chi connectivity index (χ3v) is 2.48. The molecule has 0 fully saturated rings. The second-order valence-electron chi connectivity index (χ2n) is 3.98. The van der Waals surface area contributed by atoms with Crippen molar-refractivity contribution in [2.24, 2.45) is 0 Å². The van der Waals surface area contributed by atoms with Gasteiger partial charge in [-0.15, -0.1) is 0 Å². The molecule has 0 aromatic heterocycles. The molecule has 104 valence electrons. The van der Waals surface area contributed by atoms with Crippen molar-refractivity contribution in [1.29, 1.82) is 0 Å². The summed E-state index contributed by atoms with van der Waals surface area (Å²) in [7, 11) is 0. The van der Waals surface area contributed by atoms with E-state index in [1.165, 1.54) is 12.1 Å². The second-order valence-corrected chi connectivity index (χ2v) is 4.38. The van der Waals surface area contributed by atoms with Crippen molar-refractivity contribution in [1.82, 2.24) is 0 Å². The van der Waals surface area contributed by atoms with Crippen LogP contribution in [0.5, 0.6) is 0 Å². The van der Waals surface area contributed by atoms with Crippen LogP contribution in [-0.2, 0) is 9.47 Å². The fourth-order valence-corrected chi connectivity index (χ4v) is 1.47. The van der Waals surface area contributed by atoms with Crippen LogP contribution in [-0.4, -0.2) is 30.2 Å². The first-order chi connectivity index (χ1) is 8.91. The number of carbonyl (C=O) groups is 1. The fraction of sp³-hybridized carbons (Fsp3) is 0.417. The normalized spacial score (nSPS) is 10.5. The lowest BCUT2D eigenvalue weighted by Crippen LogP contribution is -2.14. The minimum atomic E-state index is -0.707. The predicted molar refractivity (Wildman–Crippen MR) is 69.5 cm³/mol. The molecule has 0 N–H and O–H groups in total. The first-order valence-electron chi connectivity index (χ1n) is 5.64. The minimum absolute atomic E-state index is 0.0274. The molecule has 0 heterocycles. The van der Waals surface area contributed by atoms with Crippen LogP contribution in [0.3, 0.4) is 0 Å². The zero-order chi connectivity index (χ0) is 14.4. The molecular weight excluding hydrogens is 274 g/mol. The molecule has 0 spiro atoms. The van der Waals surface area contributed by atoms with E-state index in [2.05, 4.69) is 0 Å². The Labute approximate surface area is 115 Å². The first kappa shape index (κ1) is 15.4. The Hall–Kier alpha value is -1.66. The number of ether oxygens (including phenoxy) is 2. The number of carbonyl (C=O) groups excluding carboxylic acids is 1. The molecule has 0 unspecified atom stereocenters. The molecule has 7 heteroatoms. The van der Waals surface area contributed by atoms with Crippen LogP contribution in [0.25, 0.3) is 0 Å². The third kappa shape index (κ3) is 4.84. The van der Waals surface area contributed by atoms with Crippen molar-refractivity contribution < 1.29 is 19.2 Å². The molecule has 0 aliphatic rings. The highest BCUT2D eigenvalue weighted by atomic mass is 35.5. The van der Waals surface area contributed by atoms with E-state index in [1.807, 2.05) is 13.8 Å². The number of benzene rings is 1. The minimum Gasteiger partial charge on any atom is -0.460 e. The monoisotopic (exact) mass is 287 g/mol. The highest BCUT2D eigenvalue weighted by molar-refractivity contribution is 6.33. The largest absolute Gasteiger partial charge is 0.460 e. The van der Waals surface area contributed by atoms with Crippen molar-refractivity contribution in [2.45, 2.75) is 20.0 Å². The molecule has 1 rings (SSSR count). The number of halogens is 1. The average Bonchev–Trinajstić information content (AvgIpc) is 2.34. The molecule has 0 atom stereocenters. The molecule has 1 aromatic rings. The van der Waals surface area contributed by atoms with Crippen molar-refractivity contribution in [3.05, 3.63) is 38.9 Å². The van der Waals surface area contributed by atoms with Crippen LogP contribution in [0.15, 0.2) is 18.2 Å². The summed E-state index contributed by atoms with van der Waals surface area (Å²) < 4.78 is 10.1. The highest BCUT2D eigenvalue weighted by Crippen LogP contribution is 2.22. The summed E-state index contributed by atoms with van der Waals surface area (Å²) in [4.78, 5) is 21.7. The number of esters is 1. The Balaban J connectivity index is 2.66. The van der Waals surface area contributed by atoms with Gasteiger partial charge < -0.3 is 9.47 Å². The molecule has 0 aliphatic heterocycles. The maximum Gasteiger partial charge on any atom is 0.339 e. The van der Waals surface area contributed by atoms with E-state index in [0.29, 0.717) is 0 Å². The summed E-state index contributed by atoms with van der Waals surface area (Å²) in [6, 6.07) is 3.61. The summed E-state index contributed by atoms with van der Waals surface area (Å²) in [6.45, 7) is 4.05. The molecule has 0 aliphatic carbocycles. The lowest BCUT2D eigenvalue weighted by atomic mass is 10.2. The third-order valence-electron chi connectivity index (χ3n) is 2.15. The van der Waals surface area contributed by atoms with Crippen molar-refractivity contribution in [3.8, 4) is 0 Å². The zero-order valence-electron chi connectivity index (χ0n) is 10.6. The number of rotatable bonds is 6. The Morgan fingerprint density at radius 1 is 1.42 bits per heavy atom. The Morgan fingerprint density at radius 3 is 2.68 bits per heavy atom. The molecule has 0 amide bonds. The molecular formula is C12H14ClNO5. The van der Waals surface area contributed by atoms with Gasteiger partial charge in [-0.2, -0.15) is 0 Å². The second kappa shape index (κ2) is 7.06. The van der Waals surface area contributed by atoms with Crippen LogP contribution < -0.4 is 0 Å². The number of nitrogens with zero attached hydrogens (tertiary/aromatic N) is 1. The molecule has 1 aromatic carbocycles. The van der Waals surface area contributed by atoms with Crippen LogP contribution in [0, 0.1) is 10.1 Å². The van der Waals surface area contributed by atoms with Gasteiger partial charge in [0.1, 0.15) is 6.61 Å². The highest BCUT2D eigenvalue weighted by Gasteiger charge is 2.16. The smallest absolute Gasteiger partial charge is 0.339 e. The SMILES string of the molecule is CC(C)OCCOC(=O)c1cc([N+](=O)[O-])ccc1Cl. The number of nitro groups is 1. The maximum atomic E-state index is 11.7. The number of nitro benzene ring substituents is 1. The summed E-state index contributed by atoms with van der Waals surface area (Å²) in [5.41, 5.74) is -0.241. The van der Waals surface area contributed by atoms with E-state index in [4.69, 9.17) is 21.1 Å². The number of hydrogen-bond donors (Lipinski definition) is 0. The maximum absolute atomic E-state index is 11.7. The number of hydrogen-bond acceptors (Lipinski definition) is 5. The van der Waals surface area contributed by atoms with E-state index in [9.17, 15) is 14.9 Å². The Morgan fingerprint density at radius 2 is 2.11 bits per heavy atom. The predicted octanol–water partition coefficient (Wildman–Crippen LogP) is 2.83. The molecule has 19 heavy (non-hydrogen) atoms. The van der Waals surface area contributed by atoms with Gasteiger partial charge in [0.25, 0.3) is 5.69 Å². The number of non-ortho nitro benzene ring substituents is 1. The average molecular weight is 288 g/mol. The standard InChI is InChI=1S/C12H14ClNO5/c1-8(2)18-5-6-19-12(15)10-7-9(14(16)17)3-4-11(10)13/h3-4,7-8H,5-6H2,1-2H3. The zero-order valence-corrected chi connectivity index (χ0v) is 11.3. The lowest BCUT2D eigenvalue weighted by Gasteiger charge is -2.08. The first-order valence-corrected chi connectivity index (χ1v) is 6.02. The van der Waals surface area contributed by atoms with Gasteiger partial charge in [-0.25, -0.2) is 4.79 Å². The van der Waals surface area contributed by atoms with Gasteiger partial charge in [0.2, 0.25) is 0 Å². The van der Waals surface area contributed by atoms with Crippen molar-refractivity contribution in [3.63, 3.8) is 0 Å². The van der Waals surface area contributed by atoms with Gasteiger partial charge in [0, 0.05) is 12.1 Å². The van der Waals surface area contributed by atoms with Gasteiger partial charge in [0.15, 0.2) is 0 Å². The van der Waals surface area contributed by atoms with Crippen molar-refractivity contribution in [2.75, 3.05) is 13.2 Å². The van der Waals surface area contributed by atoms with Gasteiger partial charge in [-0.3, -0.25) is 10.1 Å².